The summed E-state index contributed by atoms with van der Waals surface area (Å²) >= 11 is 6.39. The van der Waals surface area contributed by atoms with Crippen LogP contribution in [0.3, 0.4) is 0 Å². The van der Waals surface area contributed by atoms with Crippen molar-refractivity contribution in [2.24, 2.45) is 0 Å². The Morgan fingerprint density at radius 2 is 1.58 bits per heavy atom. The van der Waals surface area contributed by atoms with Gasteiger partial charge in [0.05, 0.1) is 0 Å². The molecule has 100 valence electrons. The molecule has 2 aromatic rings. The lowest BCUT2D eigenvalue weighted by Gasteiger charge is -2.14. The van der Waals surface area contributed by atoms with Crippen molar-refractivity contribution in [2.75, 3.05) is 7.05 Å². The van der Waals surface area contributed by atoms with Crippen molar-refractivity contribution >= 4 is 11.6 Å². The Labute approximate surface area is 120 Å². The molecule has 0 amide bonds. The standard InChI is InChI=1S/C17H20ClN/c1-11-7-12(2)9-15(8-11)14-5-6-16(13(3)19-4)17(18)10-14/h5-10,13,19H,1-4H3. The molecule has 2 heteroatoms. The third-order valence-corrected chi connectivity index (χ3v) is 3.78. The van der Waals surface area contributed by atoms with Crippen LogP contribution in [0.4, 0.5) is 0 Å². The summed E-state index contributed by atoms with van der Waals surface area (Å²) in [6, 6.07) is 13.1. The SMILES string of the molecule is CNC(C)c1ccc(-c2cc(C)cc(C)c2)cc1Cl. The van der Waals surface area contributed by atoms with Gasteiger partial charge in [0.25, 0.3) is 0 Å². The largest absolute Gasteiger partial charge is 0.313 e. The topological polar surface area (TPSA) is 12.0 Å². The lowest BCUT2D eigenvalue weighted by atomic mass is 9.98. The average Bonchev–Trinajstić information content (AvgIpc) is 2.36. The first-order valence-electron chi connectivity index (χ1n) is 6.56. The third-order valence-electron chi connectivity index (χ3n) is 3.45. The Balaban J connectivity index is 2.44. The number of rotatable bonds is 3. The zero-order valence-electron chi connectivity index (χ0n) is 11.9. The van der Waals surface area contributed by atoms with Gasteiger partial charge in [0.1, 0.15) is 0 Å². The highest BCUT2D eigenvalue weighted by molar-refractivity contribution is 6.31. The maximum absolute atomic E-state index is 6.39. The van der Waals surface area contributed by atoms with Crippen LogP contribution >= 0.6 is 11.6 Å². The normalized spacial score (nSPS) is 12.5. The fraction of sp³-hybridized carbons (Fsp3) is 0.294. The predicted molar refractivity (Wildman–Crippen MR) is 83.8 cm³/mol. The van der Waals surface area contributed by atoms with Crippen molar-refractivity contribution in [1.29, 1.82) is 0 Å². The maximum atomic E-state index is 6.39. The Morgan fingerprint density at radius 1 is 0.947 bits per heavy atom. The van der Waals surface area contributed by atoms with E-state index in [1.807, 2.05) is 7.05 Å². The molecular weight excluding hydrogens is 254 g/mol. The molecule has 0 radical (unpaired) electrons. The first-order chi connectivity index (χ1) is 9.01. The highest BCUT2D eigenvalue weighted by Crippen LogP contribution is 2.29. The number of hydrogen-bond donors (Lipinski definition) is 1. The molecule has 1 N–H and O–H groups in total. The van der Waals surface area contributed by atoms with Crippen molar-refractivity contribution in [1.82, 2.24) is 5.32 Å². The third kappa shape index (κ3) is 3.17. The van der Waals surface area contributed by atoms with Crippen LogP contribution in [0.25, 0.3) is 11.1 Å². The molecule has 0 saturated heterocycles. The minimum Gasteiger partial charge on any atom is -0.313 e. The van der Waals surface area contributed by atoms with Gasteiger partial charge in [0.2, 0.25) is 0 Å². The second kappa shape index (κ2) is 5.77. The summed E-state index contributed by atoms with van der Waals surface area (Å²) in [5, 5.41) is 4.03. The predicted octanol–water partition coefficient (Wildman–Crippen LogP) is 4.90. The molecule has 0 aliphatic rings. The van der Waals surface area contributed by atoms with Crippen molar-refractivity contribution in [3.63, 3.8) is 0 Å². The zero-order valence-corrected chi connectivity index (χ0v) is 12.7. The van der Waals surface area contributed by atoms with Crippen molar-refractivity contribution < 1.29 is 0 Å². The smallest absolute Gasteiger partial charge is 0.0459 e. The van der Waals surface area contributed by atoms with E-state index in [0.29, 0.717) is 0 Å². The fourth-order valence-corrected chi connectivity index (χ4v) is 2.70. The average molecular weight is 274 g/mol. The summed E-state index contributed by atoms with van der Waals surface area (Å²) in [7, 11) is 1.94. The number of nitrogens with one attached hydrogen (secondary N) is 1. The Hall–Kier alpha value is -1.31. The number of halogens is 1. The first-order valence-corrected chi connectivity index (χ1v) is 6.94. The van der Waals surface area contributed by atoms with E-state index in [1.54, 1.807) is 0 Å². The highest BCUT2D eigenvalue weighted by Gasteiger charge is 2.09. The minimum atomic E-state index is 0.265. The molecule has 2 rings (SSSR count). The van der Waals surface area contributed by atoms with Crippen molar-refractivity contribution in [3.8, 4) is 11.1 Å². The lowest BCUT2D eigenvalue weighted by Crippen LogP contribution is -2.12. The van der Waals surface area contributed by atoms with Crippen LogP contribution < -0.4 is 5.32 Å². The minimum absolute atomic E-state index is 0.265. The van der Waals surface area contributed by atoms with Gasteiger partial charge in [0, 0.05) is 11.1 Å². The lowest BCUT2D eigenvalue weighted by molar-refractivity contribution is 0.652. The molecule has 2 aromatic carbocycles. The van der Waals surface area contributed by atoms with E-state index in [0.717, 1.165) is 10.6 Å². The molecular formula is C17H20ClN. The van der Waals surface area contributed by atoms with Gasteiger partial charge in [-0.25, -0.2) is 0 Å². The van der Waals surface area contributed by atoms with E-state index in [-0.39, 0.29) is 6.04 Å². The van der Waals surface area contributed by atoms with E-state index in [9.17, 15) is 0 Å². The molecule has 0 bridgehead atoms. The second-order valence-corrected chi connectivity index (χ2v) is 5.53. The molecule has 0 saturated carbocycles. The molecule has 19 heavy (non-hydrogen) atoms. The van der Waals surface area contributed by atoms with E-state index < -0.39 is 0 Å². The quantitative estimate of drug-likeness (QED) is 0.838. The maximum Gasteiger partial charge on any atom is 0.0459 e. The summed E-state index contributed by atoms with van der Waals surface area (Å²) in [5.41, 5.74) is 6.08. The summed E-state index contributed by atoms with van der Waals surface area (Å²) in [5.74, 6) is 0. The monoisotopic (exact) mass is 273 g/mol. The number of aryl methyl sites for hydroxylation is 2. The van der Waals surface area contributed by atoms with Gasteiger partial charge in [-0.05, 0) is 50.6 Å². The van der Waals surface area contributed by atoms with Crippen molar-refractivity contribution in [2.45, 2.75) is 26.8 Å². The zero-order chi connectivity index (χ0) is 14.0. The van der Waals surface area contributed by atoms with Gasteiger partial charge in [-0.3, -0.25) is 0 Å². The number of hydrogen-bond acceptors (Lipinski definition) is 1. The van der Waals surface area contributed by atoms with Crippen molar-refractivity contribution in [3.05, 3.63) is 58.1 Å². The molecule has 0 fully saturated rings. The van der Waals surface area contributed by atoms with Crippen LogP contribution in [-0.4, -0.2) is 7.05 Å². The van der Waals surface area contributed by atoms with Crippen LogP contribution in [0.1, 0.15) is 29.7 Å². The summed E-state index contributed by atoms with van der Waals surface area (Å²) < 4.78 is 0. The van der Waals surface area contributed by atoms with Crippen LogP contribution in [0.5, 0.6) is 0 Å². The van der Waals surface area contributed by atoms with Crippen LogP contribution in [0.2, 0.25) is 5.02 Å². The summed E-state index contributed by atoms with van der Waals surface area (Å²) in [4.78, 5) is 0. The van der Waals surface area contributed by atoms with E-state index in [4.69, 9.17) is 11.6 Å². The van der Waals surface area contributed by atoms with Gasteiger partial charge in [-0.1, -0.05) is 53.1 Å². The van der Waals surface area contributed by atoms with Gasteiger partial charge in [0.15, 0.2) is 0 Å². The molecule has 1 nitrogen and oxygen atoms in total. The van der Waals surface area contributed by atoms with E-state index in [1.165, 1.54) is 22.3 Å². The van der Waals surface area contributed by atoms with Gasteiger partial charge in [-0.2, -0.15) is 0 Å². The fourth-order valence-electron chi connectivity index (χ4n) is 2.35. The van der Waals surface area contributed by atoms with Crippen LogP contribution in [-0.2, 0) is 0 Å². The van der Waals surface area contributed by atoms with E-state index >= 15 is 0 Å². The molecule has 0 aliphatic heterocycles. The molecule has 1 atom stereocenters. The van der Waals surface area contributed by atoms with Gasteiger partial charge >= 0.3 is 0 Å². The Morgan fingerprint density at radius 3 is 2.11 bits per heavy atom. The molecule has 0 aromatic heterocycles. The first kappa shape index (κ1) is 14.1. The van der Waals surface area contributed by atoms with Crippen LogP contribution in [0.15, 0.2) is 36.4 Å². The Kier molecular flexibility index (Phi) is 4.28. The summed E-state index contributed by atoms with van der Waals surface area (Å²) in [6.45, 7) is 6.35. The highest BCUT2D eigenvalue weighted by atomic mass is 35.5. The molecule has 0 spiro atoms. The van der Waals surface area contributed by atoms with Gasteiger partial charge < -0.3 is 5.32 Å². The van der Waals surface area contributed by atoms with E-state index in [2.05, 4.69) is 62.5 Å². The van der Waals surface area contributed by atoms with Crippen LogP contribution in [0, 0.1) is 13.8 Å². The molecule has 1 unspecified atom stereocenters. The Bertz CT molecular complexity index is 570. The van der Waals surface area contributed by atoms with Gasteiger partial charge in [-0.15, -0.1) is 0 Å². The summed E-state index contributed by atoms with van der Waals surface area (Å²) in [6.07, 6.45) is 0. The number of benzene rings is 2. The second-order valence-electron chi connectivity index (χ2n) is 5.12. The molecule has 0 aliphatic carbocycles. The molecule has 0 heterocycles.